The number of ketones is 1. The van der Waals surface area contributed by atoms with Gasteiger partial charge < -0.3 is 4.74 Å². The number of rotatable bonds is 5. The summed E-state index contributed by atoms with van der Waals surface area (Å²) >= 11 is 4.80. The molecule has 0 aliphatic rings. The van der Waals surface area contributed by atoms with Crippen LogP contribution in [0.3, 0.4) is 0 Å². The van der Waals surface area contributed by atoms with Gasteiger partial charge in [0.2, 0.25) is 0 Å². The molecule has 1 aromatic carbocycles. The van der Waals surface area contributed by atoms with Gasteiger partial charge in [-0.2, -0.15) is 0 Å². The molecule has 20 heavy (non-hydrogen) atoms. The Morgan fingerprint density at radius 3 is 2.55 bits per heavy atom. The van der Waals surface area contributed by atoms with E-state index in [1.54, 1.807) is 27.7 Å². The molecule has 5 heteroatoms. The lowest BCUT2D eigenvalue weighted by Crippen LogP contribution is -2.31. The number of halogens is 1. The van der Waals surface area contributed by atoms with Crippen molar-refractivity contribution in [1.29, 1.82) is 0 Å². The van der Waals surface area contributed by atoms with E-state index in [9.17, 15) is 9.59 Å². The zero-order valence-electron chi connectivity index (χ0n) is 12.1. The maximum Gasteiger partial charge on any atom is 0.316 e. The molecular formula is C15H19BrO3S. The first-order valence-electron chi connectivity index (χ1n) is 6.33. The maximum absolute atomic E-state index is 12.0. The molecule has 1 unspecified atom stereocenters. The van der Waals surface area contributed by atoms with Gasteiger partial charge in [0.1, 0.15) is 11.5 Å². The van der Waals surface area contributed by atoms with Gasteiger partial charge in [-0.3, -0.25) is 9.59 Å². The second-order valence-electron chi connectivity index (χ2n) is 5.47. The number of thioether (sulfide) groups is 1. The Hall–Kier alpha value is -0.810. The van der Waals surface area contributed by atoms with Gasteiger partial charge in [0.25, 0.3) is 0 Å². The fraction of sp³-hybridized carbons (Fsp3) is 0.467. The molecule has 0 saturated heterocycles. The largest absolute Gasteiger partial charge is 0.459 e. The average Bonchev–Trinajstić information content (AvgIpc) is 2.33. The fourth-order valence-electron chi connectivity index (χ4n) is 1.36. The van der Waals surface area contributed by atoms with E-state index in [-0.39, 0.29) is 11.5 Å². The van der Waals surface area contributed by atoms with Crippen molar-refractivity contribution in [2.24, 2.45) is 5.92 Å². The van der Waals surface area contributed by atoms with Gasteiger partial charge in [0.05, 0.1) is 5.75 Å². The van der Waals surface area contributed by atoms with Crippen LogP contribution in [0.1, 0.15) is 27.7 Å². The molecule has 0 spiro atoms. The number of Topliss-reactive ketones (excluding diaryl/α,β-unsaturated/α-hetero) is 1. The highest BCUT2D eigenvalue weighted by atomic mass is 79.9. The number of ether oxygens (including phenoxy) is 1. The third kappa shape index (κ3) is 6.09. The van der Waals surface area contributed by atoms with E-state index in [2.05, 4.69) is 15.9 Å². The lowest BCUT2D eigenvalue weighted by Gasteiger charge is -2.21. The Morgan fingerprint density at radius 1 is 1.35 bits per heavy atom. The summed E-state index contributed by atoms with van der Waals surface area (Å²) < 4.78 is 6.18. The van der Waals surface area contributed by atoms with Crippen molar-refractivity contribution in [3.8, 4) is 0 Å². The Kier molecular flexibility index (Phi) is 6.27. The number of esters is 1. The van der Waals surface area contributed by atoms with Crippen molar-refractivity contribution in [2.75, 3.05) is 5.75 Å². The monoisotopic (exact) mass is 358 g/mol. The number of carbonyl (C=O) groups excluding carboxylic acids is 2. The Bertz CT molecular complexity index is 494. The van der Waals surface area contributed by atoms with E-state index in [0.717, 1.165) is 9.37 Å². The summed E-state index contributed by atoms with van der Waals surface area (Å²) in [5, 5.41) is 0. The molecule has 1 atom stereocenters. The van der Waals surface area contributed by atoms with Crippen LogP contribution < -0.4 is 0 Å². The standard InChI is InChI=1S/C15H19BrO3S/c1-10(14(18)19-15(2,3)4)13(17)9-20-12-7-5-6-11(16)8-12/h5-8,10H,9H2,1-4H3. The van der Waals surface area contributed by atoms with Crippen molar-refractivity contribution in [3.05, 3.63) is 28.7 Å². The molecule has 1 aromatic rings. The van der Waals surface area contributed by atoms with Crippen LogP contribution in [0.25, 0.3) is 0 Å². The Morgan fingerprint density at radius 2 is 2.00 bits per heavy atom. The van der Waals surface area contributed by atoms with E-state index in [1.807, 2.05) is 24.3 Å². The van der Waals surface area contributed by atoms with Gasteiger partial charge >= 0.3 is 5.97 Å². The van der Waals surface area contributed by atoms with Crippen LogP contribution in [-0.2, 0) is 14.3 Å². The zero-order valence-corrected chi connectivity index (χ0v) is 14.5. The van der Waals surface area contributed by atoms with Gasteiger partial charge in [0.15, 0.2) is 5.78 Å². The van der Waals surface area contributed by atoms with Crippen molar-refractivity contribution in [2.45, 2.75) is 38.2 Å². The van der Waals surface area contributed by atoms with E-state index < -0.39 is 17.5 Å². The zero-order chi connectivity index (χ0) is 15.3. The lowest BCUT2D eigenvalue weighted by atomic mass is 10.1. The van der Waals surface area contributed by atoms with Crippen molar-refractivity contribution < 1.29 is 14.3 Å². The molecule has 0 radical (unpaired) electrons. The highest BCUT2D eigenvalue weighted by Gasteiger charge is 2.26. The van der Waals surface area contributed by atoms with Gasteiger partial charge in [-0.05, 0) is 45.9 Å². The van der Waals surface area contributed by atoms with Crippen LogP contribution >= 0.6 is 27.7 Å². The first kappa shape index (κ1) is 17.2. The van der Waals surface area contributed by atoms with Gasteiger partial charge in [-0.25, -0.2) is 0 Å². The topological polar surface area (TPSA) is 43.4 Å². The summed E-state index contributed by atoms with van der Waals surface area (Å²) in [6.45, 7) is 6.97. The summed E-state index contributed by atoms with van der Waals surface area (Å²) in [5.41, 5.74) is -0.566. The minimum absolute atomic E-state index is 0.121. The molecule has 0 bridgehead atoms. The van der Waals surface area contributed by atoms with Gasteiger partial charge in [-0.15, -0.1) is 11.8 Å². The summed E-state index contributed by atoms with van der Waals surface area (Å²) in [6, 6.07) is 7.71. The van der Waals surface area contributed by atoms with Crippen LogP contribution in [0, 0.1) is 5.92 Å². The molecule has 0 N–H and O–H groups in total. The Balaban J connectivity index is 2.52. The summed E-state index contributed by atoms with van der Waals surface area (Å²) in [7, 11) is 0. The van der Waals surface area contributed by atoms with Crippen LogP contribution in [-0.4, -0.2) is 23.1 Å². The minimum atomic E-state index is -0.728. The van der Waals surface area contributed by atoms with E-state index in [4.69, 9.17) is 4.74 Å². The predicted molar refractivity (Wildman–Crippen MR) is 84.9 cm³/mol. The Labute approximate surface area is 132 Å². The quantitative estimate of drug-likeness (QED) is 0.451. The molecule has 3 nitrogen and oxygen atoms in total. The fourth-order valence-corrected chi connectivity index (χ4v) is 2.85. The van der Waals surface area contributed by atoms with Crippen LogP contribution in [0.4, 0.5) is 0 Å². The third-order valence-corrected chi connectivity index (χ3v) is 3.93. The molecule has 110 valence electrons. The second kappa shape index (κ2) is 7.27. The smallest absolute Gasteiger partial charge is 0.316 e. The normalized spacial score (nSPS) is 12.8. The molecule has 0 saturated carbocycles. The maximum atomic E-state index is 12.0. The first-order valence-corrected chi connectivity index (χ1v) is 8.11. The lowest BCUT2D eigenvalue weighted by molar-refractivity contribution is -0.160. The molecule has 1 rings (SSSR count). The third-order valence-electron chi connectivity index (χ3n) is 2.42. The predicted octanol–water partition coefficient (Wildman–Crippen LogP) is 4.09. The van der Waals surface area contributed by atoms with Crippen molar-refractivity contribution in [3.63, 3.8) is 0 Å². The summed E-state index contributed by atoms with van der Waals surface area (Å²) in [5.74, 6) is -1.05. The van der Waals surface area contributed by atoms with Gasteiger partial charge in [0, 0.05) is 9.37 Å². The van der Waals surface area contributed by atoms with Crippen LogP contribution in [0.15, 0.2) is 33.6 Å². The summed E-state index contributed by atoms with van der Waals surface area (Å²) in [6.07, 6.45) is 0. The van der Waals surface area contributed by atoms with Crippen molar-refractivity contribution >= 4 is 39.4 Å². The highest BCUT2D eigenvalue weighted by Crippen LogP contribution is 2.23. The summed E-state index contributed by atoms with van der Waals surface area (Å²) in [4.78, 5) is 24.8. The van der Waals surface area contributed by atoms with Crippen molar-refractivity contribution in [1.82, 2.24) is 0 Å². The second-order valence-corrected chi connectivity index (χ2v) is 7.43. The van der Waals surface area contributed by atoms with E-state index >= 15 is 0 Å². The first-order chi connectivity index (χ1) is 9.19. The van der Waals surface area contributed by atoms with Crippen LogP contribution in [0.2, 0.25) is 0 Å². The number of carbonyl (C=O) groups is 2. The molecule has 0 aliphatic heterocycles. The highest BCUT2D eigenvalue weighted by molar-refractivity contribution is 9.10. The van der Waals surface area contributed by atoms with Gasteiger partial charge in [-0.1, -0.05) is 22.0 Å². The molecule has 0 aliphatic carbocycles. The van der Waals surface area contributed by atoms with E-state index in [1.165, 1.54) is 11.8 Å². The molecule has 0 amide bonds. The molecular weight excluding hydrogens is 340 g/mol. The number of hydrogen-bond donors (Lipinski definition) is 0. The molecule has 0 heterocycles. The molecule has 0 fully saturated rings. The minimum Gasteiger partial charge on any atom is -0.459 e. The number of hydrogen-bond acceptors (Lipinski definition) is 4. The van der Waals surface area contributed by atoms with Crippen LogP contribution in [0.5, 0.6) is 0 Å². The average molecular weight is 359 g/mol. The van der Waals surface area contributed by atoms with E-state index in [0.29, 0.717) is 0 Å². The number of benzene rings is 1. The molecule has 0 aromatic heterocycles. The SMILES string of the molecule is CC(C(=O)CSc1cccc(Br)c1)C(=O)OC(C)(C)C.